The lowest BCUT2D eigenvalue weighted by atomic mass is 10.5. The van der Waals surface area contributed by atoms with Crippen molar-refractivity contribution in [2.45, 2.75) is 0 Å². The van der Waals surface area contributed by atoms with E-state index < -0.39 is 0 Å². The first-order chi connectivity index (χ1) is 9.33. The van der Waals surface area contributed by atoms with Crippen LogP contribution < -0.4 is 5.57 Å². The molecule has 0 aromatic carbocycles. The predicted octanol–water partition coefficient (Wildman–Crippen LogP) is -0.924. The Morgan fingerprint density at radius 3 is 1.42 bits per heavy atom. The summed E-state index contributed by atoms with van der Waals surface area (Å²) in [5.74, 6) is 1.38. The van der Waals surface area contributed by atoms with E-state index in [-0.39, 0.29) is 0 Å². The van der Waals surface area contributed by atoms with Crippen LogP contribution in [0.25, 0.3) is 23.3 Å². The van der Waals surface area contributed by atoms with Gasteiger partial charge in [0.25, 0.3) is 0 Å². The molecule has 0 saturated heterocycles. The van der Waals surface area contributed by atoms with Crippen LogP contribution in [0.3, 0.4) is 0 Å². The first-order valence-electron chi connectivity index (χ1n) is 5.09. The highest BCUT2D eigenvalue weighted by molar-refractivity contribution is 7.26. The highest BCUT2D eigenvalue weighted by atomic mass is 31.0. The zero-order chi connectivity index (χ0) is 13.1. The molecule has 3 heterocycles. The number of aromatic nitrogens is 9. The normalized spacial score (nSPS) is 10.4. The molecule has 0 radical (unpaired) electrons. The number of nitrogens with zero attached hydrogens (tertiary/aromatic N) is 9. The third kappa shape index (κ3) is 2.50. The Morgan fingerprint density at radius 1 is 0.579 bits per heavy atom. The van der Waals surface area contributed by atoms with Crippen LogP contribution in [0.5, 0.6) is 0 Å². The van der Waals surface area contributed by atoms with Gasteiger partial charge in [-0.3, -0.25) is 0 Å². The molecule has 3 aromatic heterocycles. The summed E-state index contributed by atoms with van der Waals surface area (Å²) in [6.07, 6.45) is 5.49. The lowest BCUT2D eigenvalue weighted by molar-refractivity contribution is 0.979. The van der Waals surface area contributed by atoms with Gasteiger partial charge in [0, 0.05) is 0 Å². The van der Waals surface area contributed by atoms with E-state index in [1.807, 2.05) is 0 Å². The fraction of sp³-hybridized carbons (Fsp3) is 0. The van der Waals surface area contributed by atoms with Crippen molar-refractivity contribution in [3.05, 3.63) is 25.3 Å². The highest BCUT2D eigenvalue weighted by Gasteiger charge is 2.11. The minimum absolute atomic E-state index is 0.331. The van der Waals surface area contributed by atoms with Gasteiger partial charge >= 0.3 is 0 Å². The van der Waals surface area contributed by atoms with Gasteiger partial charge in [-0.05, 0) is 0 Å². The van der Waals surface area contributed by atoms with Gasteiger partial charge in [0.2, 0.25) is 23.3 Å². The minimum atomic E-state index is 0.331. The Hall–Kier alpha value is -2.54. The first-order valence-corrected chi connectivity index (χ1v) is 5.67. The standard InChI is InChI=1S/C9H6N9P/c19-9-17-7(5-12-1-10-2-13-5)16-8(18-9)6-14-3-11-4-15-6/h1-4H,19H2. The molecule has 0 aliphatic rings. The van der Waals surface area contributed by atoms with Crippen LogP contribution in [0.4, 0.5) is 0 Å². The summed E-state index contributed by atoms with van der Waals surface area (Å²) >= 11 is 0. The molecule has 0 aliphatic carbocycles. The molecule has 0 bridgehead atoms. The second-order valence-corrected chi connectivity index (χ2v) is 3.78. The predicted molar refractivity (Wildman–Crippen MR) is 66.8 cm³/mol. The summed E-state index contributed by atoms with van der Waals surface area (Å²) in [5, 5.41) is 0. The number of hydrogen-bond donors (Lipinski definition) is 0. The second kappa shape index (κ2) is 4.99. The van der Waals surface area contributed by atoms with E-state index in [9.17, 15) is 0 Å². The lowest BCUT2D eigenvalue weighted by Crippen LogP contribution is -2.12. The van der Waals surface area contributed by atoms with Crippen molar-refractivity contribution in [2.24, 2.45) is 0 Å². The summed E-state index contributed by atoms with van der Waals surface area (Å²) in [6, 6.07) is 0. The van der Waals surface area contributed by atoms with Gasteiger partial charge in [-0.1, -0.05) is 9.24 Å². The van der Waals surface area contributed by atoms with E-state index in [4.69, 9.17) is 0 Å². The quantitative estimate of drug-likeness (QED) is 0.545. The topological polar surface area (TPSA) is 116 Å². The van der Waals surface area contributed by atoms with E-state index in [2.05, 4.69) is 54.1 Å². The fourth-order valence-electron chi connectivity index (χ4n) is 1.30. The third-order valence-electron chi connectivity index (χ3n) is 2.04. The Labute approximate surface area is 109 Å². The van der Waals surface area contributed by atoms with Crippen molar-refractivity contribution in [3.63, 3.8) is 0 Å². The molecular formula is C9H6N9P. The van der Waals surface area contributed by atoms with Gasteiger partial charge in [-0.25, -0.2) is 44.9 Å². The highest BCUT2D eigenvalue weighted by Crippen LogP contribution is 2.11. The van der Waals surface area contributed by atoms with Gasteiger partial charge < -0.3 is 0 Å². The van der Waals surface area contributed by atoms with E-state index in [0.29, 0.717) is 28.9 Å². The zero-order valence-electron chi connectivity index (χ0n) is 9.41. The maximum absolute atomic E-state index is 4.23. The molecular weight excluding hydrogens is 265 g/mol. The van der Waals surface area contributed by atoms with Crippen LogP contribution in [-0.2, 0) is 0 Å². The fourth-order valence-corrected chi connectivity index (χ4v) is 1.55. The molecule has 0 N–H and O–H groups in total. The van der Waals surface area contributed by atoms with Crippen molar-refractivity contribution in [1.29, 1.82) is 0 Å². The van der Waals surface area contributed by atoms with Gasteiger partial charge in [0.05, 0.1) is 0 Å². The molecule has 92 valence electrons. The van der Waals surface area contributed by atoms with Crippen LogP contribution in [0.1, 0.15) is 0 Å². The first kappa shape index (κ1) is 11.5. The molecule has 0 amide bonds. The lowest BCUT2D eigenvalue weighted by Gasteiger charge is -2.02. The van der Waals surface area contributed by atoms with Crippen molar-refractivity contribution in [1.82, 2.24) is 44.9 Å². The number of rotatable bonds is 2. The van der Waals surface area contributed by atoms with Crippen LogP contribution in [-0.4, -0.2) is 44.9 Å². The molecule has 1 atom stereocenters. The average molecular weight is 271 g/mol. The summed E-state index contributed by atoms with van der Waals surface area (Å²) < 4.78 is 0. The van der Waals surface area contributed by atoms with Crippen LogP contribution in [0, 0.1) is 0 Å². The maximum Gasteiger partial charge on any atom is 0.202 e. The van der Waals surface area contributed by atoms with Gasteiger partial charge in [-0.15, -0.1) is 0 Å². The molecule has 0 aliphatic heterocycles. The summed E-state index contributed by atoms with van der Waals surface area (Å²) in [6.45, 7) is 0. The molecule has 10 heteroatoms. The summed E-state index contributed by atoms with van der Waals surface area (Å²) in [5.41, 5.74) is 0.445. The molecule has 19 heavy (non-hydrogen) atoms. The Morgan fingerprint density at radius 2 is 1.00 bits per heavy atom. The van der Waals surface area contributed by atoms with Crippen molar-refractivity contribution >= 4 is 14.8 Å². The summed E-state index contributed by atoms with van der Waals surface area (Å²) in [4.78, 5) is 36.0. The van der Waals surface area contributed by atoms with Crippen molar-refractivity contribution in [3.8, 4) is 23.3 Å². The average Bonchev–Trinajstić information content (AvgIpc) is 2.48. The van der Waals surface area contributed by atoms with Gasteiger partial charge in [0.1, 0.15) is 30.9 Å². The molecule has 0 saturated carbocycles. The van der Waals surface area contributed by atoms with E-state index in [0.717, 1.165) is 0 Å². The zero-order valence-corrected chi connectivity index (χ0v) is 10.6. The van der Waals surface area contributed by atoms with Crippen molar-refractivity contribution < 1.29 is 0 Å². The summed E-state index contributed by atoms with van der Waals surface area (Å²) in [7, 11) is 2.39. The van der Waals surface area contributed by atoms with Crippen LogP contribution in [0.15, 0.2) is 25.3 Å². The largest absolute Gasteiger partial charge is 0.225 e. The Bertz CT molecular complexity index is 633. The van der Waals surface area contributed by atoms with Gasteiger partial charge in [0.15, 0.2) is 0 Å². The minimum Gasteiger partial charge on any atom is -0.225 e. The molecule has 0 spiro atoms. The molecule has 3 rings (SSSR count). The molecule has 3 aromatic rings. The van der Waals surface area contributed by atoms with E-state index >= 15 is 0 Å². The van der Waals surface area contributed by atoms with Crippen LogP contribution >= 0.6 is 9.24 Å². The SMILES string of the molecule is Pc1nc(-c2ncncn2)nc(-c2ncncn2)n1. The Balaban J connectivity index is 2.12. The second-order valence-electron chi connectivity index (χ2n) is 3.26. The maximum atomic E-state index is 4.23. The smallest absolute Gasteiger partial charge is 0.202 e. The molecule has 1 unspecified atom stereocenters. The van der Waals surface area contributed by atoms with E-state index in [1.54, 1.807) is 0 Å². The monoisotopic (exact) mass is 271 g/mol. The molecule has 0 fully saturated rings. The van der Waals surface area contributed by atoms with Crippen LogP contribution in [0.2, 0.25) is 0 Å². The van der Waals surface area contributed by atoms with E-state index in [1.165, 1.54) is 25.3 Å². The van der Waals surface area contributed by atoms with Crippen molar-refractivity contribution in [2.75, 3.05) is 0 Å². The third-order valence-corrected chi connectivity index (χ3v) is 2.30. The molecule has 9 nitrogen and oxygen atoms in total. The Kier molecular flexibility index (Phi) is 3.03. The van der Waals surface area contributed by atoms with Gasteiger partial charge in [-0.2, -0.15) is 0 Å². The number of hydrogen-bond acceptors (Lipinski definition) is 9.